The van der Waals surface area contributed by atoms with Crippen LogP contribution in [0.2, 0.25) is 0 Å². The first-order valence-electron chi connectivity index (χ1n) is 7.19. The second-order valence-corrected chi connectivity index (χ2v) is 4.87. The Balaban J connectivity index is 2.62. The van der Waals surface area contributed by atoms with Crippen LogP contribution < -0.4 is 5.32 Å². The molecule has 1 atom stereocenters. The maximum Gasteiger partial charge on any atom is 0.408 e. The van der Waals surface area contributed by atoms with E-state index in [1.165, 1.54) is 14.2 Å². The van der Waals surface area contributed by atoms with Gasteiger partial charge in [-0.25, -0.2) is 4.79 Å². The summed E-state index contributed by atoms with van der Waals surface area (Å²) in [5.74, 6) is -1.16. The van der Waals surface area contributed by atoms with Crippen molar-refractivity contribution in [1.29, 1.82) is 5.26 Å². The number of hydrogen-bond acceptors (Lipinski definition) is 6. The van der Waals surface area contributed by atoms with Crippen LogP contribution >= 0.6 is 0 Å². The predicted molar refractivity (Wildman–Crippen MR) is 83.2 cm³/mol. The van der Waals surface area contributed by atoms with Gasteiger partial charge in [0.2, 0.25) is 0 Å². The average molecular weight is 333 g/mol. The van der Waals surface area contributed by atoms with E-state index in [1.54, 1.807) is 30.5 Å². The zero-order valence-corrected chi connectivity index (χ0v) is 13.5. The largest absolute Gasteiger partial charge is 0.469 e. The number of ether oxygens (including phenoxy) is 2. The Kier molecular flexibility index (Phi) is 7.78. The van der Waals surface area contributed by atoms with Gasteiger partial charge in [0, 0.05) is 13.5 Å². The number of rotatable bonds is 7. The van der Waals surface area contributed by atoms with E-state index in [4.69, 9.17) is 10.00 Å². The van der Waals surface area contributed by atoms with Crippen LogP contribution in [0, 0.1) is 11.5 Å². The molecule has 0 saturated carbocycles. The number of carbonyl (C=O) groups excluding carboxylic acids is 3. The third-order valence-electron chi connectivity index (χ3n) is 3.15. The Bertz CT molecular complexity index is 612. The Morgan fingerprint density at radius 2 is 1.96 bits per heavy atom. The van der Waals surface area contributed by atoms with E-state index in [0.29, 0.717) is 0 Å². The molecule has 24 heavy (non-hydrogen) atoms. The number of nitrogens with one attached hydrogen (secondary N) is 1. The van der Waals surface area contributed by atoms with Gasteiger partial charge in [0.1, 0.15) is 12.6 Å². The maximum atomic E-state index is 12.1. The molecule has 128 valence electrons. The van der Waals surface area contributed by atoms with Gasteiger partial charge < -0.3 is 14.8 Å². The van der Waals surface area contributed by atoms with Crippen molar-refractivity contribution >= 4 is 18.0 Å². The SMILES string of the molecule is COC(=O)CC[C@H](NC(=O)OCc1ccccc1)C(=O)N(C)C#N. The number of methoxy groups -OCH3 is 1. The molecule has 0 aliphatic heterocycles. The lowest BCUT2D eigenvalue weighted by atomic mass is 10.1. The molecular formula is C16H19N3O5. The van der Waals surface area contributed by atoms with Gasteiger partial charge in [-0.15, -0.1) is 0 Å². The quantitative estimate of drug-likeness (QED) is 0.456. The normalized spacial score (nSPS) is 10.9. The predicted octanol–water partition coefficient (Wildman–Crippen LogP) is 1.17. The molecule has 1 rings (SSSR count). The summed E-state index contributed by atoms with van der Waals surface area (Å²) in [5, 5.41) is 11.2. The van der Waals surface area contributed by atoms with E-state index in [-0.39, 0.29) is 19.4 Å². The highest BCUT2D eigenvalue weighted by atomic mass is 16.5. The topological polar surface area (TPSA) is 109 Å². The molecule has 0 unspecified atom stereocenters. The first kappa shape index (κ1) is 19.0. The van der Waals surface area contributed by atoms with Crippen molar-refractivity contribution in [2.75, 3.05) is 14.2 Å². The molecule has 0 spiro atoms. The van der Waals surface area contributed by atoms with Crippen LogP contribution in [0.25, 0.3) is 0 Å². The van der Waals surface area contributed by atoms with E-state index < -0.39 is 24.0 Å². The number of likely N-dealkylation sites (N-methyl/N-ethyl adjacent to an activating group) is 1. The van der Waals surface area contributed by atoms with Gasteiger partial charge in [-0.1, -0.05) is 30.3 Å². The standard InChI is InChI=1S/C16H19N3O5/c1-19(11-17)15(21)13(8-9-14(20)23-2)18-16(22)24-10-12-6-4-3-5-7-12/h3-7,13H,8-10H2,1-2H3,(H,18,22)/t13-/m0/s1. The van der Waals surface area contributed by atoms with Crippen molar-refractivity contribution in [3.05, 3.63) is 35.9 Å². The smallest absolute Gasteiger partial charge is 0.408 e. The summed E-state index contributed by atoms with van der Waals surface area (Å²) in [6.45, 7) is 0.0404. The first-order chi connectivity index (χ1) is 11.5. The van der Waals surface area contributed by atoms with Gasteiger partial charge in [0.15, 0.2) is 6.19 Å². The summed E-state index contributed by atoms with van der Waals surface area (Å²) >= 11 is 0. The van der Waals surface area contributed by atoms with E-state index >= 15 is 0 Å². The fourth-order valence-corrected chi connectivity index (χ4v) is 1.81. The lowest BCUT2D eigenvalue weighted by Crippen LogP contribution is -2.46. The number of alkyl carbamates (subject to hydrolysis) is 1. The molecular weight excluding hydrogens is 314 g/mol. The summed E-state index contributed by atoms with van der Waals surface area (Å²) in [6.07, 6.45) is 0.761. The van der Waals surface area contributed by atoms with Crippen molar-refractivity contribution in [3.63, 3.8) is 0 Å². The van der Waals surface area contributed by atoms with E-state index in [9.17, 15) is 14.4 Å². The highest BCUT2D eigenvalue weighted by molar-refractivity contribution is 5.87. The van der Waals surface area contributed by atoms with Crippen LogP contribution in [0.5, 0.6) is 0 Å². The molecule has 8 nitrogen and oxygen atoms in total. The number of esters is 1. The minimum atomic E-state index is -1.06. The molecule has 0 aliphatic rings. The van der Waals surface area contributed by atoms with Gasteiger partial charge in [-0.3, -0.25) is 14.5 Å². The summed E-state index contributed by atoms with van der Waals surface area (Å²) in [4.78, 5) is 35.9. The van der Waals surface area contributed by atoms with E-state index in [0.717, 1.165) is 10.5 Å². The summed E-state index contributed by atoms with van der Waals surface area (Å²) < 4.78 is 9.54. The van der Waals surface area contributed by atoms with Crippen LogP contribution in [0.3, 0.4) is 0 Å². The number of benzene rings is 1. The zero-order valence-electron chi connectivity index (χ0n) is 13.5. The second-order valence-electron chi connectivity index (χ2n) is 4.87. The lowest BCUT2D eigenvalue weighted by Gasteiger charge is -2.19. The summed E-state index contributed by atoms with van der Waals surface area (Å²) in [7, 11) is 2.49. The molecule has 0 heterocycles. The molecule has 1 aromatic carbocycles. The van der Waals surface area contributed by atoms with Gasteiger partial charge in [0.25, 0.3) is 5.91 Å². The Hall–Kier alpha value is -3.08. The Morgan fingerprint density at radius 3 is 2.54 bits per heavy atom. The summed E-state index contributed by atoms with van der Waals surface area (Å²) in [6, 6.07) is 7.97. The third kappa shape index (κ3) is 6.36. The molecule has 8 heteroatoms. The van der Waals surface area contributed by atoms with Crippen LogP contribution in [-0.2, 0) is 25.7 Å². The van der Waals surface area contributed by atoms with Crippen LogP contribution in [0.15, 0.2) is 30.3 Å². The van der Waals surface area contributed by atoms with E-state index in [1.807, 2.05) is 6.07 Å². The van der Waals surface area contributed by atoms with Crippen molar-refractivity contribution in [3.8, 4) is 6.19 Å². The number of amides is 2. The molecule has 1 aromatic rings. The molecule has 0 saturated heterocycles. The third-order valence-corrected chi connectivity index (χ3v) is 3.15. The monoisotopic (exact) mass is 333 g/mol. The molecule has 2 amide bonds. The Labute approximate surface area is 139 Å². The van der Waals surface area contributed by atoms with Crippen LogP contribution in [0.1, 0.15) is 18.4 Å². The highest BCUT2D eigenvalue weighted by Crippen LogP contribution is 2.05. The lowest BCUT2D eigenvalue weighted by molar-refractivity contribution is -0.141. The molecule has 0 aromatic heterocycles. The fraction of sp³-hybridized carbons (Fsp3) is 0.375. The van der Waals surface area contributed by atoms with Crippen molar-refractivity contribution in [2.45, 2.75) is 25.5 Å². The number of hydrogen-bond donors (Lipinski definition) is 1. The van der Waals surface area contributed by atoms with Crippen molar-refractivity contribution in [2.24, 2.45) is 0 Å². The fourth-order valence-electron chi connectivity index (χ4n) is 1.81. The maximum absolute atomic E-state index is 12.1. The molecule has 0 fully saturated rings. The van der Waals surface area contributed by atoms with Gasteiger partial charge in [0.05, 0.1) is 7.11 Å². The van der Waals surface area contributed by atoms with E-state index in [2.05, 4.69) is 10.1 Å². The second kappa shape index (κ2) is 9.84. The molecule has 0 aliphatic carbocycles. The van der Waals surface area contributed by atoms with Gasteiger partial charge in [-0.05, 0) is 12.0 Å². The van der Waals surface area contributed by atoms with Gasteiger partial charge >= 0.3 is 12.1 Å². The van der Waals surface area contributed by atoms with Crippen molar-refractivity contribution < 1.29 is 23.9 Å². The highest BCUT2D eigenvalue weighted by Gasteiger charge is 2.25. The Morgan fingerprint density at radius 1 is 1.29 bits per heavy atom. The summed E-state index contributed by atoms with van der Waals surface area (Å²) in [5.41, 5.74) is 0.791. The van der Waals surface area contributed by atoms with Crippen LogP contribution in [0.4, 0.5) is 4.79 Å². The molecule has 0 radical (unpaired) electrons. The van der Waals surface area contributed by atoms with Crippen molar-refractivity contribution in [1.82, 2.24) is 10.2 Å². The van der Waals surface area contributed by atoms with Crippen LogP contribution in [-0.4, -0.2) is 43.1 Å². The number of carbonyl (C=O) groups is 3. The number of nitrogens with zero attached hydrogens (tertiary/aromatic N) is 2. The average Bonchev–Trinajstić information content (AvgIpc) is 2.62. The number of nitriles is 1. The molecule has 1 N–H and O–H groups in total. The minimum absolute atomic E-state index is 0.00202. The first-order valence-corrected chi connectivity index (χ1v) is 7.19. The zero-order chi connectivity index (χ0) is 17.9. The molecule has 0 bridgehead atoms. The minimum Gasteiger partial charge on any atom is -0.469 e. The van der Waals surface area contributed by atoms with Gasteiger partial charge in [-0.2, -0.15) is 5.26 Å².